The van der Waals surface area contributed by atoms with Gasteiger partial charge in [-0.05, 0) is 25.8 Å². The van der Waals surface area contributed by atoms with Crippen molar-refractivity contribution < 1.29 is 24.6 Å². The van der Waals surface area contributed by atoms with E-state index in [1.165, 1.54) is 0 Å². The second-order valence-corrected chi connectivity index (χ2v) is 4.35. The Balaban J connectivity index is 4.54. The summed E-state index contributed by atoms with van der Waals surface area (Å²) in [5.74, 6) is -3.71. The fourth-order valence-corrected chi connectivity index (χ4v) is 1.66. The van der Waals surface area contributed by atoms with E-state index in [4.69, 9.17) is 27.4 Å². The summed E-state index contributed by atoms with van der Waals surface area (Å²) in [5.41, 5.74) is 16.1. The Morgan fingerprint density at radius 1 is 1.00 bits per heavy atom. The van der Waals surface area contributed by atoms with Crippen LogP contribution in [-0.4, -0.2) is 46.6 Å². The highest BCUT2D eigenvalue weighted by Crippen LogP contribution is 2.15. The second kappa shape index (κ2) is 8.57. The van der Waals surface area contributed by atoms with E-state index in [-0.39, 0.29) is 25.0 Å². The fraction of sp³-hybridized carbons (Fsp3) is 0.727. The van der Waals surface area contributed by atoms with Crippen LogP contribution in [0.3, 0.4) is 0 Å². The maximum absolute atomic E-state index is 11.9. The van der Waals surface area contributed by atoms with Crippen LogP contribution < -0.4 is 17.2 Å². The van der Waals surface area contributed by atoms with Crippen LogP contribution in [0.4, 0.5) is 0 Å². The molecule has 0 aliphatic carbocycles. The molecule has 0 aromatic heterocycles. The highest BCUT2D eigenvalue weighted by molar-refractivity contribution is 5.88. The van der Waals surface area contributed by atoms with Gasteiger partial charge in [0.05, 0.1) is 0 Å². The first kappa shape index (κ1) is 17.5. The predicted octanol–water partition coefficient (Wildman–Crippen LogP) is -1.49. The van der Waals surface area contributed by atoms with Gasteiger partial charge in [0.2, 0.25) is 0 Å². The van der Waals surface area contributed by atoms with Gasteiger partial charge in [0.25, 0.3) is 0 Å². The van der Waals surface area contributed by atoms with Crippen LogP contribution >= 0.6 is 0 Å². The Morgan fingerprint density at radius 3 is 2.00 bits per heavy atom. The van der Waals surface area contributed by atoms with Crippen LogP contribution in [0.1, 0.15) is 25.7 Å². The molecule has 0 aliphatic heterocycles. The topological polar surface area (TPSA) is 170 Å². The quantitative estimate of drug-likeness (QED) is 0.321. The molecule has 0 aromatic rings. The number of hydrogen-bond acceptors (Lipinski definition) is 6. The van der Waals surface area contributed by atoms with Crippen molar-refractivity contribution in [2.75, 3.05) is 6.54 Å². The minimum atomic E-state index is -1.31. The zero-order valence-electron chi connectivity index (χ0n) is 10.6. The molecule has 8 N–H and O–H groups in total. The lowest BCUT2D eigenvalue weighted by molar-refractivity contribution is -0.143. The zero-order chi connectivity index (χ0) is 15.0. The summed E-state index contributed by atoms with van der Waals surface area (Å²) in [4.78, 5) is 33.2. The third-order valence-electron chi connectivity index (χ3n) is 2.87. The Hall–Kier alpha value is -1.51. The molecule has 0 heterocycles. The molecule has 0 aromatic carbocycles. The van der Waals surface area contributed by atoms with Gasteiger partial charge in [0.1, 0.15) is 17.9 Å². The maximum atomic E-state index is 11.9. The fourth-order valence-electron chi connectivity index (χ4n) is 1.66. The van der Waals surface area contributed by atoms with Gasteiger partial charge in [-0.15, -0.1) is 0 Å². The number of carboxylic acid groups (broad SMARTS) is 2. The second-order valence-electron chi connectivity index (χ2n) is 4.35. The summed E-state index contributed by atoms with van der Waals surface area (Å²) in [7, 11) is 0. The van der Waals surface area contributed by atoms with E-state index in [1.54, 1.807) is 0 Å². The Bertz CT molecular complexity index is 334. The largest absolute Gasteiger partial charge is 0.480 e. The summed E-state index contributed by atoms with van der Waals surface area (Å²) >= 11 is 0. The molecule has 3 atom stereocenters. The molecule has 1 unspecified atom stereocenters. The van der Waals surface area contributed by atoms with Gasteiger partial charge >= 0.3 is 11.9 Å². The number of nitrogens with two attached hydrogens (primary N) is 3. The number of Topliss-reactive ketones (excluding diaryl/α,β-unsaturated/α-hetero) is 1. The van der Waals surface area contributed by atoms with Crippen molar-refractivity contribution in [1.29, 1.82) is 0 Å². The number of ketones is 1. The van der Waals surface area contributed by atoms with Crippen molar-refractivity contribution in [3.63, 3.8) is 0 Å². The van der Waals surface area contributed by atoms with Gasteiger partial charge in [0, 0.05) is 12.3 Å². The molecule has 110 valence electrons. The Morgan fingerprint density at radius 2 is 1.58 bits per heavy atom. The summed E-state index contributed by atoms with van der Waals surface area (Å²) in [6.07, 6.45) is 0.594. The molecule has 0 saturated heterocycles. The van der Waals surface area contributed by atoms with Crippen molar-refractivity contribution in [2.24, 2.45) is 23.1 Å². The summed E-state index contributed by atoms with van der Waals surface area (Å²) < 4.78 is 0. The average molecular weight is 275 g/mol. The minimum Gasteiger partial charge on any atom is -0.480 e. The number of hydrogen-bond donors (Lipinski definition) is 5. The molecule has 0 radical (unpaired) electrons. The van der Waals surface area contributed by atoms with Crippen molar-refractivity contribution in [2.45, 2.75) is 37.8 Å². The van der Waals surface area contributed by atoms with E-state index < -0.39 is 29.9 Å². The number of aliphatic carboxylic acids is 2. The van der Waals surface area contributed by atoms with Gasteiger partial charge in [0.15, 0.2) is 0 Å². The summed E-state index contributed by atoms with van der Waals surface area (Å²) in [6.45, 7) is 0.324. The van der Waals surface area contributed by atoms with E-state index in [2.05, 4.69) is 0 Å². The average Bonchev–Trinajstić information content (AvgIpc) is 2.35. The van der Waals surface area contributed by atoms with Crippen molar-refractivity contribution in [1.82, 2.24) is 0 Å². The summed E-state index contributed by atoms with van der Waals surface area (Å²) in [5, 5.41) is 17.4. The van der Waals surface area contributed by atoms with Crippen LogP contribution in [0, 0.1) is 5.92 Å². The highest BCUT2D eigenvalue weighted by atomic mass is 16.4. The standard InChI is InChI=1S/C11H21N3O5/c12-5-1-2-6(9(14)11(18)19)8(15)4-3-7(13)10(16)17/h6-7,9H,1-5,12-14H2,(H,16,17)(H,18,19)/t6?,7-,9-/m0/s1. The monoisotopic (exact) mass is 275 g/mol. The minimum absolute atomic E-state index is 0.0420. The van der Waals surface area contributed by atoms with Crippen molar-refractivity contribution in [3.8, 4) is 0 Å². The summed E-state index contributed by atoms with van der Waals surface area (Å²) in [6, 6.07) is -2.44. The van der Waals surface area contributed by atoms with Crippen LogP contribution in [0.15, 0.2) is 0 Å². The molecule has 8 nitrogen and oxygen atoms in total. The molecule has 0 amide bonds. The predicted molar refractivity (Wildman–Crippen MR) is 67.2 cm³/mol. The van der Waals surface area contributed by atoms with Crippen LogP contribution in [-0.2, 0) is 14.4 Å². The lowest BCUT2D eigenvalue weighted by Gasteiger charge is -2.19. The first-order valence-corrected chi connectivity index (χ1v) is 6.00. The van der Waals surface area contributed by atoms with Crippen LogP contribution in [0.5, 0.6) is 0 Å². The lowest BCUT2D eigenvalue weighted by atomic mass is 9.88. The van der Waals surface area contributed by atoms with Gasteiger partial charge in [-0.3, -0.25) is 14.4 Å². The molecule has 0 spiro atoms. The Labute approximate surface area is 110 Å². The highest BCUT2D eigenvalue weighted by Gasteiger charge is 2.30. The van der Waals surface area contributed by atoms with E-state index in [9.17, 15) is 14.4 Å². The van der Waals surface area contributed by atoms with Crippen LogP contribution in [0.2, 0.25) is 0 Å². The van der Waals surface area contributed by atoms with E-state index >= 15 is 0 Å². The number of carbonyl (C=O) groups excluding carboxylic acids is 1. The van der Waals surface area contributed by atoms with E-state index in [0.29, 0.717) is 13.0 Å². The molecule has 8 heteroatoms. The molecule has 0 fully saturated rings. The van der Waals surface area contributed by atoms with Crippen molar-refractivity contribution >= 4 is 17.7 Å². The van der Waals surface area contributed by atoms with E-state index in [0.717, 1.165) is 0 Å². The number of carboxylic acids is 2. The zero-order valence-corrected chi connectivity index (χ0v) is 10.6. The van der Waals surface area contributed by atoms with Gasteiger partial charge < -0.3 is 27.4 Å². The third kappa shape index (κ3) is 6.27. The van der Waals surface area contributed by atoms with Crippen LogP contribution in [0.25, 0.3) is 0 Å². The third-order valence-corrected chi connectivity index (χ3v) is 2.87. The van der Waals surface area contributed by atoms with Gasteiger partial charge in [-0.1, -0.05) is 0 Å². The smallest absolute Gasteiger partial charge is 0.321 e. The van der Waals surface area contributed by atoms with Gasteiger partial charge in [-0.2, -0.15) is 0 Å². The first-order valence-electron chi connectivity index (χ1n) is 6.00. The number of rotatable bonds is 10. The first-order chi connectivity index (χ1) is 8.81. The van der Waals surface area contributed by atoms with E-state index in [1.807, 2.05) is 0 Å². The lowest BCUT2D eigenvalue weighted by Crippen LogP contribution is -2.42. The molecule has 0 saturated carbocycles. The normalized spacial score (nSPS) is 15.5. The SMILES string of the molecule is NCCCC(C(=O)CC[C@H](N)C(=O)O)[C@H](N)C(=O)O. The Kier molecular flexibility index (Phi) is 7.89. The molecule has 0 rings (SSSR count). The molecular weight excluding hydrogens is 254 g/mol. The van der Waals surface area contributed by atoms with Gasteiger partial charge in [-0.25, -0.2) is 0 Å². The molecule has 19 heavy (non-hydrogen) atoms. The molecule has 0 bridgehead atoms. The van der Waals surface area contributed by atoms with Crippen molar-refractivity contribution in [3.05, 3.63) is 0 Å². The number of carbonyl (C=O) groups is 3. The molecular formula is C11H21N3O5. The molecule has 0 aliphatic rings. The maximum Gasteiger partial charge on any atom is 0.321 e.